The molecule has 2 aromatic heterocycles. The Balaban J connectivity index is 1.35. The average Bonchev–Trinajstić information content (AvgIpc) is 3.25. The maximum atomic E-state index is 12.9. The first-order valence-electron chi connectivity index (χ1n) is 11.8. The molecule has 0 aliphatic carbocycles. The molecule has 0 spiro atoms. The topological polar surface area (TPSA) is 85.9 Å². The quantitative estimate of drug-likeness (QED) is 0.576. The molecule has 7 heteroatoms. The molecule has 32 heavy (non-hydrogen) atoms. The van der Waals surface area contributed by atoms with E-state index in [9.17, 15) is 4.79 Å². The van der Waals surface area contributed by atoms with E-state index in [0.717, 1.165) is 73.5 Å². The Morgan fingerprint density at radius 3 is 2.72 bits per heavy atom. The molecule has 2 aliphatic heterocycles. The number of aromatic nitrogens is 3. The van der Waals surface area contributed by atoms with Crippen LogP contribution in [0.25, 0.3) is 22.0 Å². The summed E-state index contributed by atoms with van der Waals surface area (Å²) in [6.45, 7) is 7.47. The number of carbonyl (C=O) groups is 1. The normalized spacial score (nSPS) is 18.8. The summed E-state index contributed by atoms with van der Waals surface area (Å²) in [5.41, 5.74) is 4.69. The number of likely N-dealkylation sites (tertiary alicyclic amines) is 1. The fourth-order valence-corrected chi connectivity index (χ4v) is 4.80. The van der Waals surface area contributed by atoms with Gasteiger partial charge in [0.2, 0.25) is 0 Å². The van der Waals surface area contributed by atoms with E-state index in [1.54, 1.807) is 0 Å². The number of fused-ring (bicyclic) bond motifs is 1. The van der Waals surface area contributed by atoms with Gasteiger partial charge in [-0.05, 0) is 87.1 Å². The zero-order valence-electron chi connectivity index (χ0n) is 18.7. The fraction of sp³-hybridized carbons (Fsp3) is 0.480. The van der Waals surface area contributed by atoms with Crippen molar-refractivity contribution in [3.8, 4) is 11.1 Å². The van der Waals surface area contributed by atoms with Crippen LogP contribution in [0.2, 0.25) is 0 Å². The second kappa shape index (κ2) is 9.38. The van der Waals surface area contributed by atoms with Crippen molar-refractivity contribution in [2.45, 2.75) is 45.2 Å². The summed E-state index contributed by atoms with van der Waals surface area (Å²) in [4.78, 5) is 19.9. The van der Waals surface area contributed by atoms with E-state index < -0.39 is 0 Å². The summed E-state index contributed by atoms with van der Waals surface area (Å²) < 4.78 is 0. The van der Waals surface area contributed by atoms with E-state index in [1.807, 2.05) is 18.5 Å². The van der Waals surface area contributed by atoms with Gasteiger partial charge in [0, 0.05) is 35.9 Å². The smallest absolute Gasteiger partial charge is 0.272 e. The molecule has 7 nitrogen and oxygen atoms in total. The van der Waals surface area contributed by atoms with Crippen LogP contribution in [0.1, 0.15) is 48.7 Å². The molecule has 3 aromatic rings. The Bertz CT molecular complexity index is 1080. The molecule has 1 aromatic carbocycles. The Morgan fingerprint density at radius 1 is 1.09 bits per heavy atom. The van der Waals surface area contributed by atoms with E-state index >= 15 is 0 Å². The molecule has 0 bridgehead atoms. The highest BCUT2D eigenvalue weighted by Gasteiger charge is 2.20. The van der Waals surface area contributed by atoms with Gasteiger partial charge in [-0.3, -0.25) is 19.8 Å². The zero-order valence-corrected chi connectivity index (χ0v) is 18.7. The molecule has 2 fully saturated rings. The van der Waals surface area contributed by atoms with Crippen LogP contribution in [-0.2, 0) is 6.54 Å². The Hall–Kier alpha value is -2.77. The molecule has 0 radical (unpaired) electrons. The van der Waals surface area contributed by atoms with Crippen molar-refractivity contribution in [1.82, 2.24) is 30.7 Å². The first kappa shape index (κ1) is 21.1. The van der Waals surface area contributed by atoms with Crippen molar-refractivity contribution in [2.24, 2.45) is 5.92 Å². The van der Waals surface area contributed by atoms with Crippen LogP contribution in [-0.4, -0.2) is 58.2 Å². The van der Waals surface area contributed by atoms with E-state index in [-0.39, 0.29) is 11.9 Å². The highest BCUT2D eigenvalue weighted by atomic mass is 16.2. The summed E-state index contributed by atoms with van der Waals surface area (Å²) in [7, 11) is 0. The predicted octanol–water partition coefficient (Wildman–Crippen LogP) is 3.34. The predicted molar refractivity (Wildman–Crippen MR) is 126 cm³/mol. The van der Waals surface area contributed by atoms with E-state index in [4.69, 9.17) is 0 Å². The van der Waals surface area contributed by atoms with Crippen LogP contribution in [0.3, 0.4) is 0 Å². The van der Waals surface area contributed by atoms with Crippen LogP contribution in [0, 0.1) is 5.92 Å². The second-order valence-electron chi connectivity index (χ2n) is 9.37. The number of piperidine rings is 2. The number of amides is 1. The summed E-state index contributed by atoms with van der Waals surface area (Å²) >= 11 is 0. The molecule has 3 N–H and O–H groups in total. The van der Waals surface area contributed by atoms with Gasteiger partial charge >= 0.3 is 0 Å². The largest absolute Gasteiger partial charge is 0.348 e. The van der Waals surface area contributed by atoms with Crippen LogP contribution < -0.4 is 10.6 Å². The highest BCUT2D eigenvalue weighted by molar-refractivity contribution is 6.05. The molecular formula is C25H32N6O. The SMILES string of the molecule is CC1CCN(Cc2cncc(-c3ccc4[nH]nc(C(=O)NC5CCNCC5)c4c3)c2)CC1. The van der Waals surface area contributed by atoms with Gasteiger partial charge in [-0.15, -0.1) is 0 Å². The number of rotatable bonds is 5. The van der Waals surface area contributed by atoms with Gasteiger partial charge in [-0.25, -0.2) is 0 Å². The van der Waals surface area contributed by atoms with Crippen molar-refractivity contribution in [3.63, 3.8) is 0 Å². The first-order chi connectivity index (χ1) is 15.7. The van der Waals surface area contributed by atoms with Crippen molar-refractivity contribution in [1.29, 1.82) is 0 Å². The van der Waals surface area contributed by atoms with Gasteiger partial charge in [0.25, 0.3) is 5.91 Å². The number of nitrogens with zero attached hydrogens (tertiary/aromatic N) is 3. The Kier molecular flexibility index (Phi) is 6.19. The molecule has 168 valence electrons. The molecule has 0 saturated carbocycles. The summed E-state index contributed by atoms with van der Waals surface area (Å²) in [6, 6.07) is 8.55. The van der Waals surface area contributed by atoms with Gasteiger partial charge in [0.05, 0.1) is 5.52 Å². The second-order valence-corrected chi connectivity index (χ2v) is 9.37. The lowest BCUT2D eigenvalue weighted by Gasteiger charge is -2.30. The van der Waals surface area contributed by atoms with Gasteiger partial charge in [-0.2, -0.15) is 5.10 Å². The maximum Gasteiger partial charge on any atom is 0.272 e. The molecule has 5 rings (SSSR count). The lowest BCUT2D eigenvalue weighted by molar-refractivity contribution is 0.0926. The minimum absolute atomic E-state index is 0.105. The van der Waals surface area contributed by atoms with E-state index in [0.29, 0.717) is 5.69 Å². The summed E-state index contributed by atoms with van der Waals surface area (Å²) in [6.07, 6.45) is 8.31. The number of benzene rings is 1. The maximum absolute atomic E-state index is 12.9. The van der Waals surface area contributed by atoms with Crippen molar-refractivity contribution >= 4 is 16.8 Å². The number of hydrogen-bond acceptors (Lipinski definition) is 5. The van der Waals surface area contributed by atoms with Gasteiger partial charge in [0.15, 0.2) is 5.69 Å². The molecule has 0 atom stereocenters. The number of aromatic amines is 1. The molecular weight excluding hydrogens is 400 g/mol. The zero-order chi connectivity index (χ0) is 21.9. The highest BCUT2D eigenvalue weighted by Crippen LogP contribution is 2.26. The number of H-pyrrole nitrogens is 1. The summed E-state index contributed by atoms with van der Waals surface area (Å²) in [5, 5.41) is 14.7. The Morgan fingerprint density at radius 2 is 1.91 bits per heavy atom. The van der Waals surface area contributed by atoms with Crippen LogP contribution in [0.4, 0.5) is 0 Å². The Labute approximate surface area is 189 Å². The number of carbonyl (C=O) groups excluding carboxylic acids is 1. The first-order valence-corrected chi connectivity index (χ1v) is 11.8. The van der Waals surface area contributed by atoms with Crippen LogP contribution >= 0.6 is 0 Å². The number of pyridine rings is 1. The monoisotopic (exact) mass is 432 g/mol. The lowest BCUT2D eigenvalue weighted by atomic mass is 9.98. The number of nitrogens with one attached hydrogen (secondary N) is 3. The van der Waals surface area contributed by atoms with Crippen LogP contribution in [0.15, 0.2) is 36.7 Å². The third-order valence-corrected chi connectivity index (χ3v) is 6.86. The standard InChI is InChI=1S/C25H32N6O/c1-17-6-10-31(11-7-17)16-18-12-20(15-27-14-18)19-2-3-23-22(13-19)24(30-29-23)25(32)28-21-4-8-26-9-5-21/h2-3,12-15,17,21,26H,4-11,16H2,1H3,(H,28,32)(H,29,30). The lowest BCUT2D eigenvalue weighted by Crippen LogP contribution is -2.42. The van der Waals surface area contributed by atoms with Crippen molar-refractivity contribution < 1.29 is 4.79 Å². The van der Waals surface area contributed by atoms with E-state index in [1.165, 1.54) is 18.4 Å². The molecule has 2 aliphatic rings. The molecule has 1 amide bonds. The number of hydrogen-bond donors (Lipinski definition) is 3. The third-order valence-electron chi connectivity index (χ3n) is 6.86. The summed E-state index contributed by atoms with van der Waals surface area (Å²) in [5.74, 6) is 0.727. The molecule has 2 saturated heterocycles. The van der Waals surface area contributed by atoms with Gasteiger partial charge < -0.3 is 10.6 Å². The van der Waals surface area contributed by atoms with Gasteiger partial charge in [-0.1, -0.05) is 13.0 Å². The molecule has 0 unspecified atom stereocenters. The average molecular weight is 433 g/mol. The fourth-order valence-electron chi connectivity index (χ4n) is 4.80. The van der Waals surface area contributed by atoms with Gasteiger partial charge in [0.1, 0.15) is 0 Å². The third kappa shape index (κ3) is 4.69. The van der Waals surface area contributed by atoms with E-state index in [2.05, 4.69) is 55.8 Å². The van der Waals surface area contributed by atoms with Crippen molar-refractivity contribution in [3.05, 3.63) is 47.9 Å². The minimum Gasteiger partial charge on any atom is -0.348 e. The minimum atomic E-state index is -0.105. The molecule has 4 heterocycles. The van der Waals surface area contributed by atoms with Crippen LogP contribution in [0.5, 0.6) is 0 Å². The van der Waals surface area contributed by atoms with Crippen molar-refractivity contribution in [2.75, 3.05) is 26.2 Å².